The van der Waals surface area contributed by atoms with E-state index in [9.17, 15) is 4.79 Å². The van der Waals surface area contributed by atoms with Gasteiger partial charge in [0.25, 0.3) is 0 Å². The highest BCUT2D eigenvalue weighted by Gasteiger charge is 2.36. The largest absolute Gasteiger partial charge is 0.495 e. The summed E-state index contributed by atoms with van der Waals surface area (Å²) in [5.74, 6) is 0.583. The van der Waals surface area contributed by atoms with Crippen LogP contribution < -0.4 is 15.4 Å². The van der Waals surface area contributed by atoms with Crippen molar-refractivity contribution >= 4 is 17.5 Å². The Morgan fingerprint density at radius 3 is 2.83 bits per heavy atom. The van der Waals surface area contributed by atoms with Crippen LogP contribution in [-0.2, 0) is 10.3 Å². The number of halogens is 1. The highest BCUT2D eigenvalue weighted by atomic mass is 35.5. The molecule has 1 aliphatic heterocycles. The number of rotatable bonds is 2. The standard InChI is InChI=1S/C13H17ClN2O2/c1-13(12(17)15-6-3-7-16-13)9-4-5-11(18-2)10(14)8-9/h4-5,8,16H,3,6-7H2,1-2H3,(H,15,17). The summed E-state index contributed by atoms with van der Waals surface area (Å²) >= 11 is 6.11. The molecule has 1 unspecified atom stereocenters. The number of hydrogen-bond acceptors (Lipinski definition) is 3. The van der Waals surface area contributed by atoms with Crippen LogP contribution in [0, 0.1) is 0 Å². The zero-order valence-corrected chi connectivity index (χ0v) is 11.3. The lowest BCUT2D eigenvalue weighted by molar-refractivity contribution is -0.126. The number of carbonyl (C=O) groups excluding carboxylic acids is 1. The molecular weight excluding hydrogens is 252 g/mol. The van der Waals surface area contributed by atoms with Crippen molar-refractivity contribution in [2.24, 2.45) is 0 Å². The molecule has 18 heavy (non-hydrogen) atoms. The lowest BCUT2D eigenvalue weighted by Gasteiger charge is -2.28. The summed E-state index contributed by atoms with van der Waals surface area (Å²) in [6.07, 6.45) is 0.922. The van der Waals surface area contributed by atoms with Gasteiger partial charge >= 0.3 is 0 Å². The third-order valence-corrected chi connectivity index (χ3v) is 3.60. The molecule has 0 saturated carbocycles. The van der Waals surface area contributed by atoms with E-state index in [-0.39, 0.29) is 5.91 Å². The molecule has 1 heterocycles. The number of methoxy groups -OCH3 is 1. The molecular formula is C13H17ClN2O2. The Bertz CT molecular complexity index is 464. The molecule has 1 saturated heterocycles. The Morgan fingerprint density at radius 1 is 1.39 bits per heavy atom. The summed E-state index contributed by atoms with van der Waals surface area (Å²) in [4.78, 5) is 12.2. The number of ether oxygens (including phenoxy) is 1. The predicted molar refractivity (Wildman–Crippen MR) is 71.0 cm³/mol. The zero-order valence-electron chi connectivity index (χ0n) is 10.5. The van der Waals surface area contributed by atoms with Crippen LogP contribution in [0.4, 0.5) is 0 Å². The molecule has 2 N–H and O–H groups in total. The molecule has 1 aromatic carbocycles. The van der Waals surface area contributed by atoms with Crippen molar-refractivity contribution in [3.8, 4) is 5.75 Å². The van der Waals surface area contributed by atoms with Crippen molar-refractivity contribution in [3.63, 3.8) is 0 Å². The van der Waals surface area contributed by atoms with Crippen molar-refractivity contribution in [1.29, 1.82) is 0 Å². The number of hydrogen-bond donors (Lipinski definition) is 2. The molecule has 1 amide bonds. The van der Waals surface area contributed by atoms with Gasteiger partial charge in [0.2, 0.25) is 5.91 Å². The Kier molecular flexibility index (Phi) is 3.78. The average Bonchev–Trinajstić information content (AvgIpc) is 2.53. The van der Waals surface area contributed by atoms with Crippen LogP contribution in [0.1, 0.15) is 18.9 Å². The second-order valence-electron chi connectivity index (χ2n) is 4.51. The summed E-state index contributed by atoms with van der Waals surface area (Å²) in [5.41, 5.74) is 0.0968. The number of benzene rings is 1. The van der Waals surface area contributed by atoms with E-state index in [4.69, 9.17) is 16.3 Å². The maximum Gasteiger partial charge on any atom is 0.244 e. The molecule has 4 nitrogen and oxygen atoms in total. The summed E-state index contributed by atoms with van der Waals surface area (Å²) in [6, 6.07) is 5.42. The van der Waals surface area contributed by atoms with E-state index in [0.717, 1.165) is 18.5 Å². The van der Waals surface area contributed by atoms with Gasteiger partial charge in [-0.05, 0) is 37.6 Å². The molecule has 0 radical (unpaired) electrons. The van der Waals surface area contributed by atoms with Crippen LogP contribution in [0.2, 0.25) is 5.02 Å². The number of nitrogens with one attached hydrogen (secondary N) is 2. The zero-order chi connectivity index (χ0) is 13.2. The minimum Gasteiger partial charge on any atom is -0.495 e. The lowest BCUT2D eigenvalue weighted by atomic mass is 9.91. The molecule has 1 atom stereocenters. The molecule has 0 spiro atoms. The van der Waals surface area contributed by atoms with Gasteiger partial charge in [-0.2, -0.15) is 0 Å². The highest BCUT2D eigenvalue weighted by Crippen LogP contribution is 2.30. The SMILES string of the molecule is COc1ccc(C2(C)NCCCNC2=O)cc1Cl. The van der Waals surface area contributed by atoms with E-state index in [1.54, 1.807) is 19.2 Å². The fourth-order valence-electron chi connectivity index (χ4n) is 2.10. The van der Waals surface area contributed by atoms with Gasteiger partial charge in [0.1, 0.15) is 11.3 Å². The van der Waals surface area contributed by atoms with Gasteiger partial charge in [-0.15, -0.1) is 0 Å². The van der Waals surface area contributed by atoms with Crippen LogP contribution in [0.25, 0.3) is 0 Å². The van der Waals surface area contributed by atoms with E-state index >= 15 is 0 Å². The fourth-order valence-corrected chi connectivity index (χ4v) is 2.35. The van der Waals surface area contributed by atoms with Crippen molar-refractivity contribution < 1.29 is 9.53 Å². The Balaban J connectivity index is 2.39. The molecule has 0 bridgehead atoms. The van der Waals surface area contributed by atoms with Crippen molar-refractivity contribution in [1.82, 2.24) is 10.6 Å². The molecule has 0 aliphatic carbocycles. The van der Waals surface area contributed by atoms with Crippen LogP contribution in [-0.4, -0.2) is 26.1 Å². The normalized spacial score (nSPS) is 24.3. The van der Waals surface area contributed by atoms with Crippen LogP contribution in [0.5, 0.6) is 5.75 Å². The van der Waals surface area contributed by atoms with Gasteiger partial charge in [0.15, 0.2) is 0 Å². The van der Waals surface area contributed by atoms with Crippen LogP contribution in [0.15, 0.2) is 18.2 Å². The third-order valence-electron chi connectivity index (χ3n) is 3.30. The molecule has 98 valence electrons. The summed E-state index contributed by atoms with van der Waals surface area (Å²) in [7, 11) is 1.57. The maximum absolute atomic E-state index is 12.2. The minimum atomic E-state index is -0.744. The van der Waals surface area contributed by atoms with Gasteiger partial charge in [-0.3, -0.25) is 10.1 Å². The van der Waals surface area contributed by atoms with Gasteiger partial charge in [0, 0.05) is 6.54 Å². The fraction of sp³-hybridized carbons (Fsp3) is 0.462. The maximum atomic E-state index is 12.2. The molecule has 1 aromatic rings. The van der Waals surface area contributed by atoms with Crippen LogP contribution in [0.3, 0.4) is 0 Å². The second kappa shape index (κ2) is 5.16. The summed E-state index contributed by atoms with van der Waals surface area (Å²) in [5, 5.41) is 6.69. The van der Waals surface area contributed by atoms with Gasteiger partial charge in [-0.25, -0.2) is 0 Å². The minimum absolute atomic E-state index is 0.0266. The number of amides is 1. The van der Waals surface area contributed by atoms with E-state index in [1.165, 1.54) is 0 Å². The van der Waals surface area contributed by atoms with Crippen molar-refractivity contribution in [2.45, 2.75) is 18.9 Å². The second-order valence-corrected chi connectivity index (χ2v) is 4.92. The van der Waals surface area contributed by atoms with E-state index in [2.05, 4.69) is 10.6 Å². The average molecular weight is 269 g/mol. The van der Waals surface area contributed by atoms with E-state index in [0.29, 0.717) is 17.3 Å². The van der Waals surface area contributed by atoms with Crippen molar-refractivity contribution in [2.75, 3.05) is 20.2 Å². The first-order chi connectivity index (χ1) is 8.58. The highest BCUT2D eigenvalue weighted by molar-refractivity contribution is 6.32. The van der Waals surface area contributed by atoms with Gasteiger partial charge in [-0.1, -0.05) is 17.7 Å². The molecule has 5 heteroatoms. The monoisotopic (exact) mass is 268 g/mol. The molecule has 1 aliphatic rings. The summed E-state index contributed by atoms with van der Waals surface area (Å²) in [6.45, 7) is 3.36. The van der Waals surface area contributed by atoms with Gasteiger partial charge < -0.3 is 10.1 Å². The molecule has 1 fully saturated rings. The van der Waals surface area contributed by atoms with E-state index < -0.39 is 5.54 Å². The van der Waals surface area contributed by atoms with Crippen LogP contribution >= 0.6 is 11.6 Å². The Morgan fingerprint density at radius 2 is 2.17 bits per heavy atom. The molecule has 2 rings (SSSR count). The third kappa shape index (κ3) is 2.31. The lowest BCUT2D eigenvalue weighted by Crippen LogP contribution is -2.49. The topological polar surface area (TPSA) is 50.4 Å². The first kappa shape index (κ1) is 13.2. The Hall–Kier alpha value is -1.26. The molecule has 0 aromatic heterocycles. The van der Waals surface area contributed by atoms with Crippen molar-refractivity contribution in [3.05, 3.63) is 28.8 Å². The predicted octanol–water partition coefficient (Wildman–Crippen LogP) is 1.67. The smallest absolute Gasteiger partial charge is 0.244 e. The summed E-state index contributed by atoms with van der Waals surface area (Å²) < 4.78 is 5.12. The van der Waals surface area contributed by atoms with E-state index in [1.807, 2.05) is 13.0 Å². The first-order valence-corrected chi connectivity index (χ1v) is 6.33. The Labute approximate surface area is 112 Å². The first-order valence-electron chi connectivity index (χ1n) is 5.95. The number of carbonyl (C=O) groups is 1. The quantitative estimate of drug-likeness (QED) is 0.858. The van der Waals surface area contributed by atoms with Gasteiger partial charge in [0.05, 0.1) is 12.1 Å².